The fraction of sp³-hybridized carbons (Fsp3) is 0. The molecular formula is C12H13N3O. The molecule has 0 saturated carbocycles. The molecular weight excluding hydrogens is 202 g/mol. The van der Waals surface area contributed by atoms with Crippen LogP contribution >= 0.6 is 0 Å². The zero-order valence-corrected chi connectivity index (χ0v) is 8.64. The van der Waals surface area contributed by atoms with Crippen molar-refractivity contribution in [2.24, 2.45) is 0 Å². The number of hydrogen-bond donors (Lipinski definition) is 4. The Labute approximate surface area is 93.5 Å². The van der Waals surface area contributed by atoms with Gasteiger partial charge in [0.2, 0.25) is 0 Å². The maximum Gasteiger partial charge on any atom is 0.115 e. The van der Waals surface area contributed by atoms with E-state index in [2.05, 4.69) is 5.32 Å². The number of nitrogens with one attached hydrogen (secondary N) is 1. The van der Waals surface area contributed by atoms with E-state index in [-0.39, 0.29) is 5.75 Å². The molecule has 6 N–H and O–H groups in total. The van der Waals surface area contributed by atoms with Gasteiger partial charge in [0.1, 0.15) is 5.75 Å². The van der Waals surface area contributed by atoms with E-state index in [0.717, 1.165) is 11.4 Å². The van der Waals surface area contributed by atoms with Crippen LogP contribution < -0.4 is 16.8 Å². The molecule has 0 heterocycles. The minimum Gasteiger partial charge on any atom is -0.508 e. The maximum absolute atomic E-state index is 9.14. The molecule has 0 atom stereocenters. The summed E-state index contributed by atoms with van der Waals surface area (Å²) in [4.78, 5) is 0. The van der Waals surface area contributed by atoms with Crippen molar-refractivity contribution in [3.8, 4) is 5.75 Å². The fourth-order valence-electron chi connectivity index (χ4n) is 1.40. The van der Waals surface area contributed by atoms with Gasteiger partial charge < -0.3 is 21.9 Å². The third-order valence-electron chi connectivity index (χ3n) is 2.22. The number of nitrogen functional groups attached to an aromatic ring is 2. The maximum atomic E-state index is 9.14. The molecule has 0 saturated heterocycles. The number of rotatable bonds is 2. The molecule has 0 spiro atoms. The second-order valence-electron chi connectivity index (χ2n) is 3.52. The summed E-state index contributed by atoms with van der Waals surface area (Å²) >= 11 is 0. The smallest absolute Gasteiger partial charge is 0.115 e. The Morgan fingerprint density at radius 3 is 2.25 bits per heavy atom. The molecule has 0 bridgehead atoms. The van der Waals surface area contributed by atoms with Crippen molar-refractivity contribution >= 4 is 22.7 Å². The molecule has 16 heavy (non-hydrogen) atoms. The molecule has 82 valence electrons. The van der Waals surface area contributed by atoms with E-state index in [9.17, 15) is 0 Å². The number of hydrogen-bond acceptors (Lipinski definition) is 4. The largest absolute Gasteiger partial charge is 0.508 e. The molecule has 0 unspecified atom stereocenters. The van der Waals surface area contributed by atoms with Gasteiger partial charge in [-0.1, -0.05) is 0 Å². The zero-order chi connectivity index (χ0) is 11.5. The molecule has 0 radical (unpaired) electrons. The fourth-order valence-corrected chi connectivity index (χ4v) is 1.40. The highest BCUT2D eigenvalue weighted by Crippen LogP contribution is 2.25. The first-order chi connectivity index (χ1) is 7.65. The molecule has 0 aliphatic heterocycles. The lowest BCUT2D eigenvalue weighted by Gasteiger charge is -2.09. The Bertz CT molecular complexity index is 494. The van der Waals surface area contributed by atoms with Crippen molar-refractivity contribution in [2.45, 2.75) is 0 Å². The molecule has 0 aliphatic rings. The van der Waals surface area contributed by atoms with Gasteiger partial charge in [-0.25, -0.2) is 0 Å². The monoisotopic (exact) mass is 215 g/mol. The second-order valence-corrected chi connectivity index (χ2v) is 3.52. The summed E-state index contributed by atoms with van der Waals surface area (Å²) in [6, 6.07) is 12.0. The van der Waals surface area contributed by atoms with Crippen molar-refractivity contribution in [3.05, 3.63) is 42.5 Å². The molecule has 2 aromatic carbocycles. The normalized spacial score (nSPS) is 10.0. The summed E-state index contributed by atoms with van der Waals surface area (Å²) in [5.41, 5.74) is 14.3. The highest BCUT2D eigenvalue weighted by atomic mass is 16.3. The highest BCUT2D eigenvalue weighted by Gasteiger charge is 2.00. The average Bonchev–Trinajstić information content (AvgIpc) is 2.25. The first-order valence-corrected chi connectivity index (χ1v) is 4.86. The van der Waals surface area contributed by atoms with Crippen molar-refractivity contribution in [2.75, 3.05) is 16.8 Å². The lowest BCUT2D eigenvalue weighted by molar-refractivity contribution is 0.475. The van der Waals surface area contributed by atoms with Crippen LogP contribution in [0.4, 0.5) is 22.7 Å². The van der Waals surface area contributed by atoms with Gasteiger partial charge >= 0.3 is 0 Å². The van der Waals surface area contributed by atoms with Gasteiger partial charge in [-0.3, -0.25) is 0 Å². The van der Waals surface area contributed by atoms with E-state index < -0.39 is 0 Å². The SMILES string of the molecule is Nc1ccc(Nc2ccc(O)cc2)c(N)c1. The lowest BCUT2D eigenvalue weighted by Crippen LogP contribution is -1.97. The van der Waals surface area contributed by atoms with Crippen LogP contribution in [0.5, 0.6) is 5.75 Å². The van der Waals surface area contributed by atoms with Crippen LogP contribution in [0.15, 0.2) is 42.5 Å². The van der Waals surface area contributed by atoms with E-state index in [4.69, 9.17) is 16.6 Å². The standard InChI is InChI=1S/C12H13N3O/c13-8-1-6-12(11(14)7-8)15-9-2-4-10(16)5-3-9/h1-7,15-16H,13-14H2. The average molecular weight is 215 g/mol. The van der Waals surface area contributed by atoms with Gasteiger partial charge in [-0.05, 0) is 42.5 Å². The first-order valence-electron chi connectivity index (χ1n) is 4.86. The van der Waals surface area contributed by atoms with Crippen LogP contribution in [0.3, 0.4) is 0 Å². The van der Waals surface area contributed by atoms with Crippen molar-refractivity contribution in [1.29, 1.82) is 0 Å². The Hall–Kier alpha value is -2.36. The molecule has 2 rings (SSSR count). The zero-order valence-electron chi connectivity index (χ0n) is 8.64. The molecule has 4 nitrogen and oxygen atoms in total. The summed E-state index contributed by atoms with van der Waals surface area (Å²) in [5.74, 6) is 0.232. The molecule has 0 fully saturated rings. The predicted molar refractivity (Wildman–Crippen MR) is 66.7 cm³/mol. The van der Waals surface area contributed by atoms with Gasteiger partial charge in [0.25, 0.3) is 0 Å². The Morgan fingerprint density at radius 2 is 1.62 bits per heavy atom. The number of benzene rings is 2. The second kappa shape index (κ2) is 4.02. The molecule has 4 heteroatoms. The van der Waals surface area contributed by atoms with Gasteiger partial charge in [0, 0.05) is 11.4 Å². The highest BCUT2D eigenvalue weighted by molar-refractivity contribution is 5.75. The van der Waals surface area contributed by atoms with Gasteiger partial charge in [0.05, 0.1) is 11.4 Å². The summed E-state index contributed by atoms with van der Waals surface area (Å²) in [6.07, 6.45) is 0. The van der Waals surface area contributed by atoms with Crippen LogP contribution in [0.2, 0.25) is 0 Å². The molecule has 2 aromatic rings. The quantitative estimate of drug-likeness (QED) is 0.457. The van der Waals surface area contributed by atoms with E-state index in [1.54, 1.807) is 36.4 Å². The van der Waals surface area contributed by atoms with E-state index in [1.165, 1.54) is 0 Å². The van der Waals surface area contributed by atoms with E-state index in [0.29, 0.717) is 11.4 Å². The van der Waals surface area contributed by atoms with Crippen molar-refractivity contribution in [1.82, 2.24) is 0 Å². The lowest BCUT2D eigenvalue weighted by atomic mass is 10.2. The minimum atomic E-state index is 0.232. The minimum absolute atomic E-state index is 0.232. The van der Waals surface area contributed by atoms with E-state index in [1.807, 2.05) is 6.07 Å². The van der Waals surface area contributed by atoms with Crippen molar-refractivity contribution in [3.63, 3.8) is 0 Å². The predicted octanol–water partition coefficient (Wildman–Crippen LogP) is 2.30. The Balaban J connectivity index is 2.23. The molecule has 0 aromatic heterocycles. The van der Waals surface area contributed by atoms with Crippen LogP contribution in [0, 0.1) is 0 Å². The van der Waals surface area contributed by atoms with Crippen LogP contribution in [0.1, 0.15) is 0 Å². The Kier molecular flexibility index (Phi) is 2.55. The van der Waals surface area contributed by atoms with Crippen LogP contribution in [-0.2, 0) is 0 Å². The van der Waals surface area contributed by atoms with Crippen LogP contribution in [0.25, 0.3) is 0 Å². The number of anilines is 4. The summed E-state index contributed by atoms with van der Waals surface area (Å²) in [5, 5.41) is 12.3. The Morgan fingerprint density at radius 1 is 0.938 bits per heavy atom. The first kappa shape index (κ1) is 10.2. The summed E-state index contributed by atoms with van der Waals surface area (Å²) in [7, 11) is 0. The number of nitrogens with two attached hydrogens (primary N) is 2. The molecule has 0 aliphatic carbocycles. The van der Waals surface area contributed by atoms with Crippen molar-refractivity contribution < 1.29 is 5.11 Å². The van der Waals surface area contributed by atoms with E-state index >= 15 is 0 Å². The summed E-state index contributed by atoms with van der Waals surface area (Å²) < 4.78 is 0. The number of phenols is 1. The third kappa shape index (κ3) is 2.17. The topological polar surface area (TPSA) is 84.3 Å². The van der Waals surface area contributed by atoms with Gasteiger partial charge in [-0.2, -0.15) is 0 Å². The van der Waals surface area contributed by atoms with Gasteiger partial charge in [-0.15, -0.1) is 0 Å². The third-order valence-corrected chi connectivity index (χ3v) is 2.22. The number of aromatic hydroxyl groups is 1. The van der Waals surface area contributed by atoms with Gasteiger partial charge in [0.15, 0.2) is 0 Å². The molecule has 0 amide bonds. The number of phenolic OH excluding ortho intramolecular Hbond substituents is 1. The summed E-state index contributed by atoms with van der Waals surface area (Å²) in [6.45, 7) is 0. The van der Waals surface area contributed by atoms with Crippen LogP contribution in [-0.4, -0.2) is 5.11 Å².